The molecule has 106 valence electrons. The molecule has 1 aromatic carbocycles. The van der Waals surface area contributed by atoms with Crippen LogP contribution in [0.3, 0.4) is 0 Å². The molecule has 0 bridgehead atoms. The van der Waals surface area contributed by atoms with Crippen LogP contribution >= 0.6 is 0 Å². The van der Waals surface area contributed by atoms with Crippen LogP contribution in [0.15, 0.2) is 18.2 Å². The topological polar surface area (TPSA) is 46.5 Å². The van der Waals surface area contributed by atoms with Gasteiger partial charge < -0.3 is 9.84 Å². The molecule has 0 saturated carbocycles. The maximum Gasteiger partial charge on any atom is 0.416 e. The summed E-state index contributed by atoms with van der Waals surface area (Å²) in [4.78, 5) is 10.9. The first-order valence-electron chi connectivity index (χ1n) is 5.47. The molecule has 0 spiro atoms. The predicted molar refractivity (Wildman–Crippen MR) is 58.0 cm³/mol. The van der Waals surface area contributed by atoms with Crippen molar-refractivity contribution in [3.63, 3.8) is 0 Å². The Morgan fingerprint density at radius 3 is 2.47 bits per heavy atom. The summed E-state index contributed by atoms with van der Waals surface area (Å²) in [6.07, 6.45) is -5.87. The summed E-state index contributed by atoms with van der Waals surface area (Å²) in [5.74, 6) is -2.62. The first kappa shape index (κ1) is 15.4. The van der Waals surface area contributed by atoms with Crippen molar-refractivity contribution in [1.82, 2.24) is 0 Å². The van der Waals surface area contributed by atoms with E-state index in [0.29, 0.717) is 18.6 Å². The highest BCUT2D eigenvalue weighted by Crippen LogP contribution is 2.32. The summed E-state index contributed by atoms with van der Waals surface area (Å²) in [6, 6.07) is 1.61. The van der Waals surface area contributed by atoms with Crippen LogP contribution in [0.25, 0.3) is 0 Å². The minimum Gasteiger partial charge on any atom is -0.479 e. The number of carbonyl (C=O) groups is 1. The standard InChI is InChI=1S/C12H12F4O3/c1-2-3-19-10(11(17)18)7-4-8(12(14,15)16)6-9(13)5-7/h4-6,10H,2-3H2,1H3,(H,17,18). The maximum atomic E-state index is 13.2. The molecular formula is C12H12F4O3. The maximum absolute atomic E-state index is 13.2. The van der Waals surface area contributed by atoms with Crippen LogP contribution in [0.1, 0.15) is 30.6 Å². The van der Waals surface area contributed by atoms with Crippen molar-refractivity contribution < 1.29 is 32.2 Å². The monoisotopic (exact) mass is 280 g/mol. The molecule has 19 heavy (non-hydrogen) atoms. The molecule has 0 saturated heterocycles. The molecule has 0 fully saturated rings. The zero-order chi connectivity index (χ0) is 14.6. The lowest BCUT2D eigenvalue weighted by Gasteiger charge is -2.15. The van der Waals surface area contributed by atoms with Crippen LogP contribution in [0.2, 0.25) is 0 Å². The van der Waals surface area contributed by atoms with E-state index in [1.165, 1.54) is 0 Å². The molecular weight excluding hydrogens is 268 g/mol. The highest BCUT2D eigenvalue weighted by Gasteiger charge is 2.33. The largest absolute Gasteiger partial charge is 0.479 e. The van der Waals surface area contributed by atoms with E-state index in [1.54, 1.807) is 6.92 Å². The highest BCUT2D eigenvalue weighted by molar-refractivity contribution is 5.74. The zero-order valence-electron chi connectivity index (χ0n) is 10.00. The number of aliphatic carboxylic acids is 1. The first-order valence-corrected chi connectivity index (χ1v) is 5.47. The quantitative estimate of drug-likeness (QED) is 0.841. The number of carboxylic acid groups (broad SMARTS) is 1. The first-order chi connectivity index (χ1) is 8.75. The summed E-state index contributed by atoms with van der Waals surface area (Å²) < 4.78 is 55.6. The van der Waals surface area contributed by atoms with Crippen LogP contribution in [-0.4, -0.2) is 17.7 Å². The van der Waals surface area contributed by atoms with Crippen LogP contribution in [0, 0.1) is 5.82 Å². The molecule has 1 unspecified atom stereocenters. The third-order valence-electron chi connectivity index (χ3n) is 2.26. The van der Waals surface area contributed by atoms with E-state index in [9.17, 15) is 22.4 Å². The Morgan fingerprint density at radius 1 is 1.37 bits per heavy atom. The fourth-order valence-electron chi connectivity index (χ4n) is 1.47. The number of ether oxygens (including phenoxy) is 1. The van der Waals surface area contributed by atoms with E-state index < -0.39 is 29.6 Å². The van der Waals surface area contributed by atoms with Crippen molar-refractivity contribution in [3.8, 4) is 0 Å². The number of hydrogen-bond acceptors (Lipinski definition) is 2. The zero-order valence-corrected chi connectivity index (χ0v) is 10.00. The van der Waals surface area contributed by atoms with Gasteiger partial charge in [-0.1, -0.05) is 6.92 Å². The van der Waals surface area contributed by atoms with Crippen LogP contribution < -0.4 is 0 Å². The van der Waals surface area contributed by atoms with Crippen molar-refractivity contribution in [2.45, 2.75) is 25.6 Å². The lowest BCUT2D eigenvalue weighted by molar-refractivity contribution is -0.151. The van der Waals surface area contributed by atoms with Gasteiger partial charge in [-0.15, -0.1) is 0 Å². The van der Waals surface area contributed by atoms with Gasteiger partial charge in [0.05, 0.1) is 5.56 Å². The van der Waals surface area contributed by atoms with Crippen molar-refractivity contribution in [3.05, 3.63) is 35.1 Å². The molecule has 0 aromatic heterocycles. The van der Waals surface area contributed by atoms with Gasteiger partial charge >= 0.3 is 12.1 Å². The van der Waals surface area contributed by atoms with Crippen LogP contribution in [-0.2, 0) is 15.7 Å². The molecule has 0 radical (unpaired) electrons. The van der Waals surface area contributed by atoms with Crippen molar-refractivity contribution in [1.29, 1.82) is 0 Å². The molecule has 1 atom stereocenters. The summed E-state index contributed by atoms with van der Waals surface area (Å²) in [7, 11) is 0. The van der Waals surface area contributed by atoms with E-state index in [0.717, 1.165) is 6.07 Å². The van der Waals surface area contributed by atoms with Gasteiger partial charge in [-0.05, 0) is 30.2 Å². The normalized spacial score (nSPS) is 13.3. The number of halogens is 4. The molecule has 7 heteroatoms. The molecule has 0 heterocycles. The van der Waals surface area contributed by atoms with Gasteiger partial charge in [0.2, 0.25) is 0 Å². The fraction of sp³-hybridized carbons (Fsp3) is 0.417. The van der Waals surface area contributed by atoms with Gasteiger partial charge in [0.25, 0.3) is 0 Å². The fourth-order valence-corrected chi connectivity index (χ4v) is 1.47. The number of hydrogen-bond donors (Lipinski definition) is 1. The van der Waals surface area contributed by atoms with Gasteiger partial charge in [-0.2, -0.15) is 13.2 Å². The SMILES string of the molecule is CCCOC(C(=O)O)c1cc(F)cc(C(F)(F)F)c1. The molecule has 0 aliphatic carbocycles. The number of rotatable bonds is 5. The molecule has 1 N–H and O–H groups in total. The van der Waals surface area contributed by atoms with Gasteiger partial charge in [0, 0.05) is 6.61 Å². The lowest BCUT2D eigenvalue weighted by atomic mass is 10.1. The minimum absolute atomic E-state index is 0.0504. The second-order valence-corrected chi connectivity index (χ2v) is 3.86. The van der Waals surface area contributed by atoms with Crippen LogP contribution in [0.4, 0.5) is 17.6 Å². The van der Waals surface area contributed by atoms with Crippen molar-refractivity contribution >= 4 is 5.97 Å². The van der Waals surface area contributed by atoms with E-state index >= 15 is 0 Å². The van der Waals surface area contributed by atoms with E-state index in [4.69, 9.17) is 9.84 Å². The summed E-state index contributed by atoms with van der Waals surface area (Å²) in [5, 5.41) is 8.91. The lowest BCUT2D eigenvalue weighted by Crippen LogP contribution is -2.17. The van der Waals surface area contributed by atoms with Gasteiger partial charge in [-0.3, -0.25) is 0 Å². The van der Waals surface area contributed by atoms with E-state index in [1.807, 2.05) is 0 Å². The van der Waals surface area contributed by atoms with Gasteiger partial charge in [-0.25, -0.2) is 9.18 Å². The Labute approximate surface area is 106 Å². The number of carboxylic acids is 1. The second-order valence-electron chi connectivity index (χ2n) is 3.86. The second kappa shape index (κ2) is 6.01. The highest BCUT2D eigenvalue weighted by atomic mass is 19.4. The molecule has 3 nitrogen and oxygen atoms in total. The summed E-state index contributed by atoms with van der Waals surface area (Å²) in [5.41, 5.74) is -1.61. The molecule has 0 amide bonds. The molecule has 0 aliphatic heterocycles. The molecule has 1 rings (SSSR count). The van der Waals surface area contributed by atoms with Crippen molar-refractivity contribution in [2.24, 2.45) is 0 Å². The summed E-state index contributed by atoms with van der Waals surface area (Å²) in [6.45, 7) is 1.76. The number of alkyl halides is 3. The Hall–Kier alpha value is -1.63. The van der Waals surface area contributed by atoms with Crippen molar-refractivity contribution in [2.75, 3.05) is 6.61 Å². The Bertz CT molecular complexity index is 457. The average molecular weight is 280 g/mol. The Kier molecular flexibility index (Phi) is 4.88. The molecule has 1 aromatic rings. The van der Waals surface area contributed by atoms with Crippen LogP contribution in [0.5, 0.6) is 0 Å². The Balaban J connectivity index is 3.16. The number of benzene rings is 1. The third-order valence-corrected chi connectivity index (χ3v) is 2.26. The van der Waals surface area contributed by atoms with Gasteiger partial charge in [0.15, 0.2) is 6.10 Å². The smallest absolute Gasteiger partial charge is 0.416 e. The molecule has 0 aliphatic rings. The van der Waals surface area contributed by atoms with E-state index in [-0.39, 0.29) is 12.2 Å². The minimum atomic E-state index is -4.75. The predicted octanol–water partition coefficient (Wildman–Crippen LogP) is 3.40. The summed E-state index contributed by atoms with van der Waals surface area (Å²) >= 11 is 0. The Morgan fingerprint density at radius 2 is 2.00 bits per heavy atom. The van der Waals surface area contributed by atoms with Gasteiger partial charge in [0.1, 0.15) is 5.82 Å². The van der Waals surface area contributed by atoms with E-state index in [2.05, 4.69) is 0 Å². The third kappa shape index (κ3) is 4.20. The average Bonchev–Trinajstić information content (AvgIpc) is 2.27.